The van der Waals surface area contributed by atoms with Crippen molar-refractivity contribution in [1.29, 1.82) is 0 Å². The van der Waals surface area contributed by atoms with Crippen molar-refractivity contribution in [2.24, 2.45) is 0 Å². The molecule has 0 aliphatic carbocycles. The van der Waals surface area contributed by atoms with Crippen molar-refractivity contribution in [1.82, 2.24) is 5.32 Å². The lowest BCUT2D eigenvalue weighted by Crippen LogP contribution is -2.27. The Labute approximate surface area is 94.3 Å². The van der Waals surface area contributed by atoms with Gasteiger partial charge in [0.1, 0.15) is 0 Å². The van der Waals surface area contributed by atoms with Gasteiger partial charge in [-0.2, -0.15) is 0 Å². The predicted octanol–water partition coefficient (Wildman–Crippen LogP) is 3.25. The van der Waals surface area contributed by atoms with E-state index in [0.717, 1.165) is 24.1 Å². The van der Waals surface area contributed by atoms with E-state index in [4.69, 9.17) is 0 Å². The Morgan fingerprint density at radius 1 is 1.40 bits per heavy atom. The van der Waals surface area contributed by atoms with Gasteiger partial charge in [-0.3, -0.25) is 0 Å². The van der Waals surface area contributed by atoms with Crippen LogP contribution >= 0.6 is 12.4 Å². The van der Waals surface area contributed by atoms with E-state index in [2.05, 4.69) is 12.2 Å². The van der Waals surface area contributed by atoms with Gasteiger partial charge in [0, 0.05) is 11.6 Å². The molecule has 1 atom stereocenters. The van der Waals surface area contributed by atoms with Crippen LogP contribution in [0.25, 0.3) is 0 Å². The third kappa shape index (κ3) is 2.47. The summed E-state index contributed by atoms with van der Waals surface area (Å²) in [5.41, 5.74) is 2.35. The first-order chi connectivity index (χ1) is 6.68. The second kappa shape index (κ2) is 4.90. The average molecular weight is 234 g/mol. The number of halogens is 3. The highest BCUT2D eigenvalue weighted by Gasteiger charge is 2.17. The van der Waals surface area contributed by atoms with Crippen LogP contribution in [0, 0.1) is 0 Å². The number of hydrogen-bond donors (Lipinski definition) is 1. The van der Waals surface area contributed by atoms with E-state index < -0.39 is 6.43 Å². The smallest absolute Gasteiger partial charge is 0.263 e. The van der Waals surface area contributed by atoms with Gasteiger partial charge in [-0.1, -0.05) is 12.1 Å². The Morgan fingerprint density at radius 3 is 2.80 bits per heavy atom. The molecule has 0 amide bonds. The quantitative estimate of drug-likeness (QED) is 0.785. The Kier molecular flexibility index (Phi) is 4.05. The Hall–Kier alpha value is -0.670. The summed E-state index contributed by atoms with van der Waals surface area (Å²) in [5, 5.41) is 3.30. The van der Waals surface area contributed by atoms with E-state index in [1.165, 1.54) is 6.07 Å². The van der Waals surface area contributed by atoms with Gasteiger partial charge in [0.05, 0.1) is 0 Å². The van der Waals surface area contributed by atoms with E-state index in [-0.39, 0.29) is 24.0 Å². The maximum atomic E-state index is 12.4. The molecule has 1 aromatic carbocycles. The third-order valence-corrected chi connectivity index (χ3v) is 2.73. The fourth-order valence-electron chi connectivity index (χ4n) is 1.93. The van der Waals surface area contributed by atoms with E-state index >= 15 is 0 Å². The summed E-state index contributed by atoms with van der Waals surface area (Å²) in [7, 11) is 0. The summed E-state index contributed by atoms with van der Waals surface area (Å²) < 4.78 is 24.8. The minimum Gasteiger partial charge on any atom is -0.310 e. The van der Waals surface area contributed by atoms with Gasteiger partial charge in [-0.25, -0.2) is 8.78 Å². The Morgan fingerprint density at radius 2 is 2.13 bits per heavy atom. The summed E-state index contributed by atoms with van der Waals surface area (Å²) in [6.45, 7) is 2.93. The number of nitrogens with one attached hydrogen (secondary N) is 1. The minimum atomic E-state index is -2.36. The van der Waals surface area contributed by atoms with E-state index in [0.29, 0.717) is 0 Å². The molecule has 0 saturated heterocycles. The summed E-state index contributed by atoms with van der Waals surface area (Å²) in [6.07, 6.45) is -1.51. The van der Waals surface area contributed by atoms with Crippen molar-refractivity contribution in [3.63, 3.8) is 0 Å². The molecule has 4 heteroatoms. The van der Waals surface area contributed by atoms with Gasteiger partial charge in [-0.15, -0.1) is 12.4 Å². The Bertz CT molecular complexity index is 341. The zero-order valence-corrected chi connectivity index (χ0v) is 9.28. The summed E-state index contributed by atoms with van der Waals surface area (Å²) in [6, 6.07) is 5.25. The lowest BCUT2D eigenvalue weighted by atomic mass is 9.93. The molecule has 1 aliphatic heterocycles. The topological polar surface area (TPSA) is 12.0 Å². The summed E-state index contributed by atoms with van der Waals surface area (Å²) in [5.74, 6) is 0. The molecule has 1 aliphatic rings. The van der Waals surface area contributed by atoms with Crippen molar-refractivity contribution in [3.05, 3.63) is 34.9 Å². The number of fused-ring (bicyclic) bond motifs is 1. The third-order valence-electron chi connectivity index (χ3n) is 2.73. The monoisotopic (exact) mass is 233 g/mol. The van der Waals surface area contributed by atoms with Crippen LogP contribution in [0.4, 0.5) is 8.78 Å². The van der Waals surface area contributed by atoms with Crippen molar-refractivity contribution in [2.45, 2.75) is 25.8 Å². The van der Waals surface area contributed by atoms with Crippen LogP contribution in [0.2, 0.25) is 0 Å². The van der Waals surface area contributed by atoms with Crippen LogP contribution in [0.1, 0.15) is 36.1 Å². The zero-order chi connectivity index (χ0) is 10.1. The second-order valence-corrected chi connectivity index (χ2v) is 3.68. The highest BCUT2D eigenvalue weighted by molar-refractivity contribution is 5.85. The van der Waals surface area contributed by atoms with Crippen LogP contribution in [0.3, 0.4) is 0 Å². The Balaban J connectivity index is 0.00000112. The van der Waals surface area contributed by atoms with E-state index in [1.54, 1.807) is 6.07 Å². The SMILES string of the molecule is C[C@@H]1NCCc2cc(C(F)F)ccc21.Cl. The fourth-order valence-corrected chi connectivity index (χ4v) is 1.93. The van der Waals surface area contributed by atoms with Gasteiger partial charge in [-0.05, 0) is 37.1 Å². The van der Waals surface area contributed by atoms with Crippen LogP contribution < -0.4 is 5.32 Å². The molecule has 0 fully saturated rings. The van der Waals surface area contributed by atoms with Gasteiger partial charge in [0.15, 0.2) is 0 Å². The van der Waals surface area contributed by atoms with Crippen molar-refractivity contribution in [3.8, 4) is 0 Å². The molecule has 1 aromatic rings. The molecule has 0 spiro atoms. The highest BCUT2D eigenvalue weighted by atomic mass is 35.5. The number of alkyl halides is 2. The maximum absolute atomic E-state index is 12.4. The molecule has 15 heavy (non-hydrogen) atoms. The lowest BCUT2D eigenvalue weighted by molar-refractivity contribution is 0.151. The normalized spacial score (nSPS) is 19.6. The summed E-state index contributed by atoms with van der Waals surface area (Å²) in [4.78, 5) is 0. The second-order valence-electron chi connectivity index (χ2n) is 3.68. The van der Waals surface area contributed by atoms with Gasteiger partial charge in [0.25, 0.3) is 6.43 Å². The van der Waals surface area contributed by atoms with Crippen molar-refractivity contribution in [2.75, 3.05) is 6.54 Å². The predicted molar refractivity (Wildman–Crippen MR) is 58.8 cm³/mol. The molecule has 0 aromatic heterocycles. The molecule has 0 unspecified atom stereocenters. The van der Waals surface area contributed by atoms with Crippen LogP contribution in [-0.2, 0) is 6.42 Å². The molecule has 0 radical (unpaired) electrons. The molecule has 84 valence electrons. The number of rotatable bonds is 1. The van der Waals surface area contributed by atoms with Crippen LogP contribution in [0.15, 0.2) is 18.2 Å². The molecule has 2 rings (SSSR count). The molecule has 0 bridgehead atoms. The fraction of sp³-hybridized carbons (Fsp3) is 0.455. The molecule has 1 nitrogen and oxygen atoms in total. The van der Waals surface area contributed by atoms with E-state index in [9.17, 15) is 8.78 Å². The maximum Gasteiger partial charge on any atom is 0.263 e. The van der Waals surface area contributed by atoms with Gasteiger partial charge in [0.2, 0.25) is 0 Å². The zero-order valence-electron chi connectivity index (χ0n) is 8.47. The van der Waals surface area contributed by atoms with Crippen LogP contribution in [0.5, 0.6) is 0 Å². The highest BCUT2D eigenvalue weighted by Crippen LogP contribution is 2.27. The number of benzene rings is 1. The molecule has 0 saturated carbocycles. The first kappa shape index (κ1) is 12.4. The lowest BCUT2D eigenvalue weighted by Gasteiger charge is -2.24. The van der Waals surface area contributed by atoms with E-state index in [1.807, 2.05) is 6.07 Å². The van der Waals surface area contributed by atoms with Crippen LogP contribution in [-0.4, -0.2) is 6.54 Å². The van der Waals surface area contributed by atoms with Gasteiger partial charge >= 0.3 is 0 Å². The van der Waals surface area contributed by atoms with Gasteiger partial charge < -0.3 is 5.32 Å². The molecule has 1 N–H and O–H groups in total. The molecular weight excluding hydrogens is 220 g/mol. The first-order valence-corrected chi connectivity index (χ1v) is 4.82. The number of hydrogen-bond acceptors (Lipinski definition) is 1. The largest absolute Gasteiger partial charge is 0.310 e. The van der Waals surface area contributed by atoms with Crippen molar-refractivity contribution >= 4 is 12.4 Å². The first-order valence-electron chi connectivity index (χ1n) is 4.82. The standard InChI is InChI=1S/C11H13F2N.ClH/c1-7-10-3-2-9(11(12)13)6-8(10)4-5-14-7;/h2-3,6-7,11,14H,4-5H2,1H3;1H/t7-;/m0./s1. The molecular formula is C11H14ClF2N. The minimum absolute atomic E-state index is 0. The average Bonchev–Trinajstić information content (AvgIpc) is 2.17. The van der Waals surface area contributed by atoms with Crippen molar-refractivity contribution < 1.29 is 8.78 Å². The summed E-state index contributed by atoms with van der Waals surface area (Å²) >= 11 is 0. The molecule has 1 heterocycles.